The van der Waals surface area contributed by atoms with Crippen LogP contribution in [0.2, 0.25) is 0 Å². The van der Waals surface area contributed by atoms with Crippen molar-refractivity contribution in [3.8, 4) is 0 Å². The van der Waals surface area contributed by atoms with Crippen molar-refractivity contribution in [3.05, 3.63) is 35.6 Å². The third-order valence-corrected chi connectivity index (χ3v) is 3.74. The van der Waals surface area contributed by atoms with Crippen LogP contribution in [0.4, 0.5) is 4.39 Å². The Bertz CT molecular complexity index is 490. The van der Waals surface area contributed by atoms with Gasteiger partial charge in [-0.25, -0.2) is 4.39 Å². The quantitative estimate of drug-likeness (QED) is 0.390. The van der Waals surface area contributed by atoms with Crippen LogP contribution in [0, 0.1) is 5.82 Å². The van der Waals surface area contributed by atoms with E-state index in [0.717, 1.165) is 24.5 Å². The van der Waals surface area contributed by atoms with Crippen molar-refractivity contribution >= 4 is 5.96 Å². The van der Waals surface area contributed by atoms with E-state index in [1.54, 1.807) is 14.2 Å². The molecule has 0 fully saturated rings. The van der Waals surface area contributed by atoms with Crippen LogP contribution in [0.3, 0.4) is 0 Å². The number of rotatable bonds is 10. The summed E-state index contributed by atoms with van der Waals surface area (Å²) in [6.07, 6.45) is 0.895. The molecule has 2 N–H and O–H groups in total. The molecule has 0 unspecified atom stereocenters. The Labute approximate surface area is 144 Å². The molecule has 6 heteroatoms. The van der Waals surface area contributed by atoms with E-state index in [0.29, 0.717) is 26.4 Å². The zero-order valence-electron chi connectivity index (χ0n) is 15.2. The van der Waals surface area contributed by atoms with Crippen LogP contribution in [0.5, 0.6) is 0 Å². The number of nitrogens with zero attached hydrogens (tertiary/aromatic N) is 1. The summed E-state index contributed by atoms with van der Waals surface area (Å²) in [5.41, 5.74) is 0.951. The van der Waals surface area contributed by atoms with Crippen molar-refractivity contribution in [1.82, 2.24) is 10.6 Å². The Morgan fingerprint density at radius 3 is 2.46 bits per heavy atom. The number of nitrogens with one attached hydrogen (secondary N) is 2. The smallest absolute Gasteiger partial charge is 0.191 e. The first-order valence-electron chi connectivity index (χ1n) is 8.27. The van der Waals surface area contributed by atoms with Gasteiger partial charge in [0.25, 0.3) is 0 Å². The summed E-state index contributed by atoms with van der Waals surface area (Å²) in [5.74, 6) is 0.537. The average Bonchev–Trinajstić information content (AvgIpc) is 2.57. The molecule has 1 rings (SSSR count). The third-order valence-electron chi connectivity index (χ3n) is 3.74. The Morgan fingerprint density at radius 1 is 1.12 bits per heavy atom. The van der Waals surface area contributed by atoms with Crippen molar-refractivity contribution in [1.29, 1.82) is 0 Å². The van der Waals surface area contributed by atoms with Crippen molar-refractivity contribution in [2.24, 2.45) is 4.99 Å². The maximum absolute atomic E-state index is 13.1. The maximum atomic E-state index is 13.1. The second-order valence-corrected chi connectivity index (χ2v) is 6.20. The van der Waals surface area contributed by atoms with Crippen molar-refractivity contribution in [2.75, 3.05) is 47.1 Å². The van der Waals surface area contributed by atoms with Crippen LogP contribution in [0.15, 0.2) is 29.3 Å². The number of guanidine groups is 1. The molecule has 0 bridgehead atoms. The fraction of sp³-hybridized carbons (Fsp3) is 0.611. The third kappa shape index (κ3) is 7.75. The van der Waals surface area contributed by atoms with Gasteiger partial charge in [-0.1, -0.05) is 26.0 Å². The second-order valence-electron chi connectivity index (χ2n) is 6.20. The number of aliphatic imine (C=N–C) groups is 1. The molecule has 136 valence electrons. The van der Waals surface area contributed by atoms with Gasteiger partial charge < -0.3 is 20.1 Å². The van der Waals surface area contributed by atoms with E-state index in [2.05, 4.69) is 29.5 Å². The Hall–Kier alpha value is -1.66. The number of halogens is 1. The molecule has 0 spiro atoms. The summed E-state index contributed by atoms with van der Waals surface area (Å²) in [5, 5.41) is 6.58. The van der Waals surface area contributed by atoms with E-state index >= 15 is 0 Å². The highest BCUT2D eigenvalue weighted by Gasteiger charge is 2.20. The lowest BCUT2D eigenvalue weighted by atomic mass is 9.84. The SMILES string of the molecule is CN=C(NCCCOCCOC)NCC(C)(C)c1ccc(F)cc1. The van der Waals surface area contributed by atoms with Gasteiger partial charge >= 0.3 is 0 Å². The molecule has 0 aromatic heterocycles. The normalized spacial score (nSPS) is 12.3. The van der Waals surface area contributed by atoms with Gasteiger partial charge in [0.2, 0.25) is 0 Å². The van der Waals surface area contributed by atoms with Crippen LogP contribution in [0.25, 0.3) is 0 Å². The first-order valence-corrected chi connectivity index (χ1v) is 8.27. The molecule has 0 saturated carbocycles. The van der Waals surface area contributed by atoms with Gasteiger partial charge in [0, 0.05) is 39.3 Å². The minimum atomic E-state index is -0.215. The first-order chi connectivity index (χ1) is 11.5. The van der Waals surface area contributed by atoms with E-state index in [4.69, 9.17) is 9.47 Å². The summed E-state index contributed by atoms with van der Waals surface area (Å²) < 4.78 is 23.4. The summed E-state index contributed by atoms with van der Waals surface area (Å²) >= 11 is 0. The van der Waals surface area contributed by atoms with Gasteiger partial charge in [0.1, 0.15) is 5.82 Å². The molecule has 24 heavy (non-hydrogen) atoms. The molecule has 5 nitrogen and oxygen atoms in total. The van der Waals surface area contributed by atoms with Crippen LogP contribution in [0.1, 0.15) is 25.8 Å². The van der Waals surface area contributed by atoms with Gasteiger partial charge in [-0.2, -0.15) is 0 Å². The topological polar surface area (TPSA) is 54.9 Å². The number of hydrogen-bond acceptors (Lipinski definition) is 3. The molecular formula is C18H30FN3O2. The van der Waals surface area contributed by atoms with E-state index in [-0.39, 0.29) is 11.2 Å². The zero-order valence-corrected chi connectivity index (χ0v) is 15.2. The lowest BCUT2D eigenvalue weighted by molar-refractivity contribution is 0.0698. The minimum Gasteiger partial charge on any atom is -0.382 e. The fourth-order valence-corrected chi connectivity index (χ4v) is 2.15. The molecule has 0 aliphatic carbocycles. The minimum absolute atomic E-state index is 0.130. The van der Waals surface area contributed by atoms with Crippen LogP contribution in [-0.4, -0.2) is 53.0 Å². The van der Waals surface area contributed by atoms with Gasteiger partial charge in [-0.3, -0.25) is 4.99 Å². The van der Waals surface area contributed by atoms with Crippen LogP contribution < -0.4 is 10.6 Å². The van der Waals surface area contributed by atoms with Crippen molar-refractivity contribution in [3.63, 3.8) is 0 Å². The summed E-state index contributed by atoms with van der Waals surface area (Å²) in [4.78, 5) is 4.22. The number of hydrogen-bond donors (Lipinski definition) is 2. The van der Waals surface area contributed by atoms with E-state index in [1.807, 2.05) is 12.1 Å². The van der Waals surface area contributed by atoms with Gasteiger partial charge in [-0.15, -0.1) is 0 Å². The largest absolute Gasteiger partial charge is 0.382 e. The van der Waals surface area contributed by atoms with Crippen molar-refractivity contribution in [2.45, 2.75) is 25.7 Å². The zero-order chi connectivity index (χ0) is 17.8. The Morgan fingerprint density at radius 2 is 1.83 bits per heavy atom. The molecule has 0 saturated heterocycles. The van der Waals surface area contributed by atoms with Crippen LogP contribution >= 0.6 is 0 Å². The monoisotopic (exact) mass is 339 g/mol. The highest BCUT2D eigenvalue weighted by Crippen LogP contribution is 2.22. The average molecular weight is 339 g/mol. The number of benzene rings is 1. The molecule has 0 amide bonds. The lowest BCUT2D eigenvalue weighted by Crippen LogP contribution is -2.43. The summed E-state index contributed by atoms with van der Waals surface area (Å²) in [7, 11) is 3.41. The van der Waals surface area contributed by atoms with Gasteiger partial charge in [0.05, 0.1) is 13.2 Å². The van der Waals surface area contributed by atoms with E-state index < -0.39 is 0 Å². The highest BCUT2D eigenvalue weighted by atomic mass is 19.1. The molecule has 0 atom stereocenters. The van der Waals surface area contributed by atoms with Gasteiger partial charge in [-0.05, 0) is 24.1 Å². The molecule has 0 radical (unpaired) electrons. The van der Waals surface area contributed by atoms with Gasteiger partial charge in [0.15, 0.2) is 5.96 Å². The molecule has 1 aromatic rings. The number of methoxy groups -OCH3 is 1. The fourth-order valence-electron chi connectivity index (χ4n) is 2.15. The second kappa shape index (κ2) is 11.0. The summed E-state index contributed by atoms with van der Waals surface area (Å²) in [6.45, 7) is 7.64. The molecule has 0 heterocycles. The van der Waals surface area contributed by atoms with Crippen molar-refractivity contribution < 1.29 is 13.9 Å². The predicted molar refractivity (Wildman–Crippen MR) is 96.1 cm³/mol. The molecule has 0 aliphatic rings. The van der Waals surface area contributed by atoms with E-state index in [9.17, 15) is 4.39 Å². The summed E-state index contributed by atoms with van der Waals surface area (Å²) in [6, 6.07) is 6.64. The van der Waals surface area contributed by atoms with E-state index in [1.165, 1.54) is 12.1 Å². The molecule has 1 aromatic carbocycles. The highest BCUT2D eigenvalue weighted by molar-refractivity contribution is 5.79. The number of ether oxygens (including phenoxy) is 2. The lowest BCUT2D eigenvalue weighted by Gasteiger charge is -2.26. The molecular weight excluding hydrogens is 309 g/mol. The standard InChI is InChI=1S/C18H30FN3O2/c1-18(2,15-6-8-16(19)9-7-15)14-22-17(20-3)21-10-5-11-24-13-12-23-4/h6-9H,5,10-14H2,1-4H3,(H2,20,21,22). The predicted octanol–water partition coefficient (Wildman–Crippen LogP) is 2.32. The maximum Gasteiger partial charge on any atom is 0.191 e. The Kier molecular flexibility index (Phi) is 9.34. The van der Waals surface area contributed by atoms with Crippen LogP contribution in [-0.2, 0) is 14.9 Å². The Balaban J connectivity index is 2.31. The molecule has 0 aliphatic heterocycles. The first kappa shape index (κ1) is 20.4.